The van der Waals surface area contributed by atoms with E-state index in [1.54, 1.807) is 0 Å². The fourth-order valence-electron chi connectivity index (χ4n) is 5.21. The molecule has 0 amide bonds. The van der Waals surface area contributed by atoms with Gasteiger partial charge in [-0.3, -0.25) is 4.90 Å². The molecule has 134 valence electrons. The summed E-state index contributed by atoms with van der Waals surface area (Å²) < 4.78 is 0. The Morgan fingerprint density at radius 3 is 1.77 bits per heavy atom. The van der Waals surface area contributed by atoms with E-state index in [2.05, 4.69) is 65.6 Å². The predicted octanol–water partition coefficient (Wildman–Crippen LogP) is 5.40. The lowest BCUT2D eigenvalue weighted by Gasteiger charge is -2.51. The van der Waals surface area contributed by atoms with Gasteiger partial charge in [0.1, 0.15) is 0 Å². The topological polar surface area (TPSA) is 27.0 Å². The minimum absolute atomic E-state index is 0.178. The first kappa shape index (κ1) is 17.3. The Kier molecular flexibility index (Phi) is 4.83. The van der Waals surface area contributed by atoms with Crippen LogP contribution in [0.5, 0.6) is 0 Å². The van der Waals surface area contributed by atoms with Gasteiger partial charge in [-0.2, -0.15) is 5.26 Å². The molecule has 0 radical (unpaired) electrons. The predicted molar refractivity (Wildman–Crippen MR) is 106 cm³/mol. The maximum atomic E-state index is 10.0. The summed E-state index contributed by atoms with van der Waals surface area (Å²) >= 11 is 0. The molecule has 1 heterocycles. The molecule has 2 aromatic carbocycles. The summed E-state index contributed by atoms with van der Waals surface area (Å²) in [4.78, 5) is 2.71. The van der Waals surface area contributed by atoms with Crippen LogP contribution >= 0.6 is 0 Å². The normalized spacial score (nSPS) is 22.4. The smallest absolute Gasteiger partial charge is 0.0846 e. The molecule has 1 saturated heterocycles. The zero-order valence-corrected chi connectivity index (χ0v) is 15.5. The van der Waals surface area contributed by atoms with E-state index >= 15 is 0 Å². The number of piperidine rings is 1. The number of nitrogens with zero attached hydrogens (tertiary/aromatic N) is 2. The molecule has 0 bridgehead atoms. The Balaban J connectivity index is 1.60. The number of likely N-dealkylation sites (tertiary alicyclic amines) is 1. The van der Waals surface area contributed by atoms with Gasteiger partial charge in [-0.15, -0.1) is 0 Å². The summed E-state index contributed by atoms with van der Waals surface area (Å²) in [6.45, 7) is 2.02. The van der Waals surface area contributed by atoms with Crippen LogP contribution in [0.4, 0.5) is 0 Å². The van der Waals surface area contributed by atoms with Crippen molar-refractivity contribution in [3.05, 3.63) is 71.8 Å². The molecule has 2 nitrogen and oxygen atoms in total. The van der Waals surface area contributed by atoms with E-state index in [9.17, 15) is 5.26 Å². The quantitative estimate of drug-likeness (QED) is 0.745. The number of nitriles is 1. The van der Waals surface area contributed by atoms with Gasteiger partial charge in [-0.05, 0) is 36.8 Å². The van der Waals surface area contributed by atoms with Gasteiger partial charge >= 0.3 is 0 Å². The number of hydrogen-bond donors (Lipinski definition) is 0. The first-order chi connectivity index (χ1) is 12.8. The van der Waals surface area contributed by atoms with Gasteiger partial charge < -0.3 is 0 Å². The minimum atomic E-state index is -0.315. The molecule has 2 aromatic rings. The van der Waals surface area contributed by atoms with Crippen LogP contribution in [0, 0.1) is 11.3 Å². The molecule has 0 unspecified atom stereocenters. The highest BCUT2D eigenvalue weighted by molar-refractivity contribution is 5.34. The molecule has 1 saturated carbocycles. The average molecular weight is 345 g/mol. The van der Waals surface area contributed by atoms with Crippen molar-refractivity contribution >= 4 is 0 Å². The van der Waals surface area contributed by atoms with Crippen LogP contribution in [0.1, 0.15) is 56.1 Å². The van der Waals surface area contributed by atoms with E-state index in [4.69, 9.17) is 0 Å². The van der Waals surface area contributed by atoms with Crippen molar-refractivity contribution in [2.24, 2.45) is 0 Å². The van der Waals surface area contributed by atoms with Gasteiger partial charge in [0, 0.05) is 18.6 Å². The van der Waals surface area contributed by atoms with Crippen LogP contribution in [0.25, 0.3) is 0 Å². The number of hydrogen-bond acceptors (Lipinski definition) is 2. The molecular formula is C24H28N2. The van der Waals surface area contributed by atoms with Crippen molar-refractivity contribution in [1.82, 2.24) is 4.90 Å². The highest BCUT2D eigenvalue weighted by Crippen LogP contribution is 2.46. The SMILES string of the molecule is N#CC1(c2ccccc2)CCN(C2(c3ccccc3)CCCCC2)CC1. The van der Waals surface area contributed by atoms with E-state index in [0.29, 0.717) is 0 Å². The van der Waals surface area contributed by atoms with Crippen LogP contribution in [0.15, 0.2) is 60.7 Å². The third kappa shape index (κ3) is 2.95. The summed E-state index contributed by atoms with van der Waals surface area (Å²) in [7, 11) is 0. The van der Waals surface area contributed by atoms with E-state index in [1.165, 1.54) is 43.2 Å². The van der Waals surface area contributed by atoms with Gasteiger partial charge in [0.15, 0.2) is 0 Å². The highest BCUT2D eigenvalue weighted by Gasteiger charge is 2.45. The van der Waals surface area contributed by atoms with Crippen molar-refractivity contribution < 1.29 is 0 Å². The molecule has 26 heavy (non-hydrogen) atoms. The summed E-state index contributed by atoms with van der Waals surface area (Å²) in [6, 6.07) is 24.2. The fourth-order valence-corrected chi connectivity index (χ4v) is 5.21. The van der Waals surface area contributed by atoms with E-state index < -0.39 is 0 Å². The molecule has 0 N–H and O–H groups in total. The third-order valence-corrected chi connectivity index (χ3v) is 6.75. The third-order valence-electron chi connectivity index (χ3n) is 6.75. The summed E-state index contributed by atoms with van der Waals surface area (Å²) in [5.74, 6) is 0. The molecule has 2 aliphatic rings. The Hall–Kier alpha value is -2.11. The first-order valence-corrected chi connectivity index (χ1v) is 10.1. The Labute approximate surface area is 157 Å². The molecule has 0 aromatic heterocycles. The van der Waals surface area contributed by atoms with Gasteiger partial charge in [-0.25, -0.2) is 0 Å². The van der Waals surface area contributed by atoms with Gasteiger partial charge in [-0.1, -0.05) is 79.9 Å². The lowest BCUT2D eigenvalue weighted by molar-refractivity contribution is 0.0175. The van der Waals surface area contributed by atoms with Crippen LogP contribution in [-0.2, 0) is 11.0 Å². The fraction of sp³-hybridized carbons (Fsp3) is 0.458. The summed E-state index contributed by atoms with van der Waals surface area (Å²) in [5.41, 5.74) is 2.53. The maximum Gasteiger partial charge on any atom is 0.0846 e. The van der Waals surface area contributed by atoms with Crippen molar-refractivity contribution in [2.45, 2.75) is 55.9 Å². The largest absolute Gasteiger partial charge is 0.293 e. The van der Waals surface area contributed by atoms with Gasteiger partial charge in [0.05, 0.1) is 11.5 Å². The summed E-state index contributed by atoms with van der Waals surface area (Å²) in [6.07, 6.45) is 8.35. The van der Waals surface area contributed by atoms with Crippen molar-refractivity contribution in [3.63, 3.8) is 0 Å². The lowest BCUT2D eigenvalue weighted by atomic mass is 9.70. The molecule has 1 aliphatic heterocycles. The zero-order valence-electron chi connectivity index (χ0n) is 15.5. The van der Waals surface area contributed by atoms with E-state index in [0.717, 1.165) is 25.9 Å². The Bertz CT molecular complexity index is 746. The highest BCUT2D eigenvalue weighted by atomic mass is 15.2. The average Bonchev–Trinajstić information content (AvgIpc) is 2.75. The van der Waals surface area contributed by atoms with Crippen molar-refractivity contribution in [3.8, 4) is 6.07 Å². The van der Waals surface area contributed by atoms with E-state index in [1.807, 2.05) is 6.07 Å². The Morgan fingerprint density at radius 1 is 0.692 bits per heavy atom. The van der Waals surface area contributed by atoms with Crippen LogP contribution in [-0.4, -0.2) is 18.0 Å². The van der Waals surface area contributed by atoms with Crippen molar-refractivity contribution in [1.29, 1.82) is 5.26 Å². The molecule has 0 atom stereocenters. The second-order valence-electron chi connectivity index (χ2n) is 8.01. The van der Waals surface area contributed by atoms with Crippen LogP contribution in [0.2, 0.25) is 0 Å². The zero-order chi connectivity index (χ0) is 17.9. The minimum Gasteiger partial charge on any atom is -0.293 e. The van der Waals surface area contributed by atoms with Gasteiger partial charge in [0.25, 0.3) is 0 Å². The Morgan fingerprint density at radius 2 is 1.23 bits per heavy atom. The monoisotopic (exact) mass is 344 g/mol. The second-order valence-corrected chi connectivity index (χ2v) is 8.01. The molecule has 2 fully saturated rings. The molecular weight excluding hydrogens is 316 g/mol. The lowest BCUT2D eigenvalue weighted by Crippen LogP contribution is -2.53. The number of rotatable bonds is 3. The maximum absolute atomic E-state index is 10.0. The number of benzene rings is 2. The molecule has 0 spiro atoms. The molecule has 1 aliphatic carbocycles. The standard InChI is InChI=1S/C24H28N2/c25-20-23(21-10-4-1-5-11-21)16-18-26(19-17-23)24(14-8-3-9-15-24)22-12-6-2-7-13-22/h1-2,4-7,10-13H,3,8-9,14-19H2. The first-order valence-electron chi connectivity index (χ1n) is 10.1. The van der Waals surface area contributed by atoms with E-state index in [-0.39, 0.29) is 11.0 Å². The van der Waals surface area contributed by atoms with Crippen LogP contribution < -0.4 is 0 Å². The van der Waals surface area contributed by atoms with Gasteiger partial charge in [0.2, 0.25) is 0 Å². The van der Waals surface area contributed by atoms with Crippen molar-refractivity contribution in [2.75, 3.05) is 13.1 Å². The van der Waals surface area contributed by atoms with Crippen LogP contribution in [0.3, 0.4) is 0 Å². The molecule has 2 heteroatoms. The summed E-state index contributed by atoms with van der Waals surface area (Å²) in [5, 5.41) is 10.0. The molecule has 4 rings (SSSR count). The second kappa shape index (κ2) is 7.25.